The first-order valence-corrected chi connectivity index (χ1v) is 9.58. The lowest BCUT2D eigenvalue weighted by Crippen LogP contribution is -2.19. The zero-order chi connectivity index (χ0) is 17.5. The standard InChI is InChI=1S/C20H19N3S2/c1-25-18-12-10-16(11-13-18)22-20(24)23-19-9-5-8-17(21-19)14-15-6-3-2-4-7-15/h2-13H,14H2,1H3,(H2,21,22,23,24). The summed E-state index contributed by atoms with van der Waals surface area (Å²) >= 11 is 7.10. The maximum Gasteiger partial charge on any atom is 0.176 e. The summed E-state index contributed by atoms with van der Waals surface area (Å²) in [6.45, 7) is 0. The van der Waals surface area contributed by atoms with Gasteiger partial charge in [-0.25, -0.2) is 4.98 Å². The SMILES string of the molecule is CSc1ccc(NC(=S)Nc2cccc(Cc3ccccc3)n2)cc1. The fraction of sp³-hybridized carbons (Fsp3) is 0.100. The van der Waals surface area contributed by atoms with Crippen molar-refractivity contribution in [2.75, 3.05) is 16.9 Å². The van der Waals surface area contributed by atoms with E-state index in [-0.39, 0.29) is 0 Å². The predicted molar refractivity (Wildman–Crippen MR) is 112 cm³/mol. The number of thiocarbonyl (C=S) groups is 1. The van der Waals surface area contributed by atoms with Crippen LogP contribution < -0.4 is 10.6 Å². The molecule has 0 aliphatic rings. The van der Waals surface area contributed by atoms with Gasteiger partial charge < -0.3 is 10.6 Å². The van der Waals surface area contributed by atoms with Crippen LogP contribution in [-0.4, -0.2) is 16.4 Å². The molecular formula is C20H19N3S2. The van der Waals surface area contributed by atoms with Crippen LogP contribution in [0.4, 0.5) is 11.5 Å². The van der Waals surface area contributed by atoms with Gasteiger partial charge in [0.2, 0.25) is 0 Å². The van der Waals surface area contributed by atoms with Crippen LogP contribution in [0.1, 0.15) is 11.3 Å². The molecular weight excluding hydrogens is 346 g/mol. The Hall–Kier alpha value is -2.37. The van der Waals surface area contributed by atoms with E-state index < -0.39 is 0 Å². The smallest absolute Gasteiger partial charge is 0.176 e. The van der Waals surface area contributed by atoms with Gasteiger partial charge in [-0.2, -0.15) is 0 Å². The number of hydrogen-bond acceptors (Lipinski definition) is 3. The summed E-state index contributed by atoms with van der Waals surface area (Å²) in [5, 5.41) is 6.86. The van der Waals surface area contributed by atoms with Crippen molar-refractivity contribution in [3.05, 3.63) is 84.1 Å². The molecule has 0 spiro atoms. The molecule has 126 valence electrons. The van der Waals surface area contributed by atoms with Gasteiger partial charge in [-0.1, -0.05) is 36.4 Å². The Morgan fingerprint density at radius 2 is 1.68 bits per heavy atom. The molecule has 1 heterocycles. The van der Waals surface area contributed by atoms with Crippen molar-refractivity contribution in [3.63, 3.8) is 0 Å². The maximum absolute atomic E-state index is 5.38. The van der Waals surface area contributed by atoms with Gasteiger partial charge in [0, 0.05) is 22.7 Å². The minimum atomic E-state index is 0.529. The predicted octanol–water partition coefficient (Wildman–Crippen LogP) is 5.20. The Morgan fingerprint density at radius 1 is 0.920 bits per heavy atom. The third-order valence-corrected chi connectivity index (χ3v) is 4.57. The Balaban J connectivity index is 1.62. The van der Waals surface area contributed by atoms with Crippen molar-refractivity contribution in [1.82, 2.24) is 4.98 Å². The number of nitrogens with one attached hydrogen (secondary N) is 2. The number of rotatable bonds is 5. The zero-order valence-corrected chi connectivity index (χ0v) is 15.5. The molecule has 2 N–H and O–H groups in total. The molecule has 0 bridgehead atoms. The van der Waals surface area contributed by atoms with Gasteiger partial charge in [0.05, 0.1) is 0 Å². The fourth-order valence-corrected chi connectivity index (χ4v) is 3.04. The minimum absolute atomic E-state index is 0.529. The highest BCUT2D eigenvalue weighted by molar-refractivity contribution is 7.98. The molecule has 3 nitrogen and oxygen atoms in total. The molecule has 0 fully saturated rings. The van der Waals surface area contributed by atoms with E-state index >= 15 is 0 Å². The molecule has 0 saturated heterocycles. The monoisotopic (exact) mass is 365 g/mol. The normalized spacial score (nSPS) is 10.3. The molecule has 0 atom stereocenters. The number of hydrogen-bond donors (Lipinski definition) is 2. The van der Waals surface area contributed by atoms with Crippen LogP contribution in [0.15, 0.2) is 77.7 Å². The Labute approximate surface area is 157 Å². The second kappa shape index (κ2) is 8.65. The average molecular weight is 366 g/mol. The fourth-order valence-electron chi connectivity index (χ4n) is 2.41. The summed E-state index contributed by atoms with van der Waals surface area (Å²) < 4.78 is 0. The number of aromatic nitrogens is 1. The largest absolute Gasteiger partial charge is 0.332 e. The first-order valence-electron chi connectivity index (χ1n) is 7.95. The van der Waals surface area contributed by atoms with Crippen LogP contribution in [0, 0.1) is 0 Å². The van der Waals surface area contributed by atoms with Crippen LogP contribution >= 0.6 is 24.0 Å². The number of thioether (sulfide) groups is 1. The Morgan fingerprint density at radius 3 is 2.40 bits per heavy atom. The third kappa shape index (κ3) is 5.31. The van der Waals surface area contributed by atoms with E-state index in [1.54, 1.807) is 11.8 Å². The highest BCUT2D eigenvalue weighted by Crippen LogP contribution is 2.18. The van der Waals surface area contributed by atoms with Gasteiger partial charge in [0.1, 0.15) is 5.82 Å². The molecule has 0 saturated carbocycles. The number of anilines is 2. The van der Waals surface area contributed by atoms with E-state index in [1.807, 2.05) is 48.5 Å². The molecule has 0 unspecified atom stereocenters. The van der Waals surface area contributed by atoms with E-state index in [0.29, 0.717) is 5.11 Å². The van der Waals surface area contributed by atoms with Crippen LogP contribution in [0.5, 0.6) is 0 Å². The number of benzene rings is 2. The summed E-state index contributed by atoms with van der Waals surface area (Å²) in [4.78, 5) is 5.86. The van der Waals surface area contributed by atoms with E-state index in [4.69, 9.17) is 12.2 Å². The molecule has 1 aromatic heterocycles. The van der Waals surface area contributed by atoms with E-state index in [9.17, 15) is 0 Å². The molecule has 0 aliphatic carbocycles. The van der Waals surface area contributed by atoms with Crippen molar-refractivity contribution in [2.24, 2.45) is 0 Å². The van der Waals surface area contributed by atoms with Crippen LogP contribution in [-0.2, 0) is 6.42 Å². The molecule has 2 aromatic carbocycles. The molecule has 3 rings (SSSR count). The molecule has 0 radical (unpaired) electrons. The first kappa shape index (κ1) is 17.5. The van der Waals surface area contributed by atoms with Gasteiger partial charge in [-0.3, -0.25) is 0 Å². The summed E-state index contributed by atoms with van der Waals surface area (Å²) in [5.41, 5.74) is 3.20. The van der Waals surface area contributed by atoms with Gasteiger partial charge in [-0.15, -0.1) is 11.8 Å². The van der Waals surface area contributed by atoms with Gasteiger partial charge in [-0.05, 0) is 60.4 Å². The van der Waals surface area contributed by atoms with E-state index in [0.717, 1.165) is 23.6 Å². The number of pyridine rings is 1. The van der Waals surface area contributed by atoms with Gasteiger partial charge in [0.15, 0.2) is 5.11 Å². The topological polar surface area (TPSA) is 37.0 Å². The second-order valence-corrected chi connectivity index (χ2v) is 6.77. The van der Waals surface area contributed by atoms with Crippen molar-refractivity contribution in [2.45, 2.75) is 11.3 Å². The Kier molecular flexibility index (Phi) is 6.04. The third-order valence-electron chi connectivity index (χ3n) is 3.62. The van der Waals surface area contributed by atoms with Crippen molar-refractivity contribution in [3.8, 4) is 0 Å². The summed E-state index contributed by atoms with van der Waals surface area (Å²) in [6, 6.07) is 24.4. The lowest BCUT2D eigenvalue weighted by atomic mass is 10.1. The van der Waals surface area contributed by atoms with Gasteiger partial charge >= 0.3 is 0 Å². The average Bonchev–Trinajstić information content (AvgIpc) is 2.63. The Bertz CT molecular complexity index is 833. The van der Waals surface area contributed by atoms with E-state index in [2.05, 4.69) is 46.1 Å². The summed E-state index contributed by atoms with van der Waals surface area (Å²) in [7, 11) is 0. The molecule has 25 heavy (non-hydrogen) atoms. The minimum Gasteiger partial charge on any atom is -0.332 e. The molecule has 0 amide bonds. The van der Waals surface area contributed by atoms with Crippen LogP contribution in [0.25, 0.3) is 0 Å². The van der Waals surface area contributed by atoms with Crippen LogP contribution in [0.3, 0.4) is 0 Å². The molecule has 0 aliphatic heterocycles. The highest BCUT2D eigenvalue weighted by atomic mass is 32.2. The first-order chi connectivity index (χ1) is 12.2. The summed E-state index contributed by atoms with van der Waals surface area (Å²) in [6.07, 6.45) is 2.86. The van der Waals surface area contributed by atoms with Gasteiger partial charge in [0.25, 0.3) is 0 Å². The summed E-state index contributed by atoms with van der Waals surface area (Å²) in [5.74, 6) is 0.742. The van der Waals surface area contributed by atoms with Crippen molar-refractivity contribution in [1.29, 1.82) is 0 Å². The molecule has 5 heteroatoms. The maximum atomic E-state index is 5.38. The quantitative estimate of drug-likeness (QED) is 0.480. The second-order valence-electron chi connectivity index (χ2n) is 5.48. The highest BCUT2D eigenvalue weighted by Gasteiger charge is 2.03. The van der Waals surface area contributed by atoms with Crippen molar-refractivity contribution < 1.29 is 0 Å². The van der Waals surface area contributed by atoms with Crippen molar-refractivity contribution >= 4 is 40.6 Å². The molecule has 3 aromatic rings. The lowest BCUT2D eigenvalue weighted by molar-refractivity contribution is 1.08. The number of nitrogens with zero attached hydrogens (tertiary/aromatic N) is 1. The zero-order valence-electron chi connectivity index (χ0n) is 13.9. The lowest BCUT2D eigenvalue weighted by Gasteiger charge is -2.11. The van der Waals surface area contributed by atoms with Crippen LogP contribution in [0.2, 0.25) is 0 Å². The van der Waals surface area contributed by atoms with E-state index in [1.165, 1.54) is 10.5 Å².